The van der Waals surface area contributed by atoms with E-state index in [0.29, 0.717) is 11.9 Å². The molecule has 2 aromatic heterocycles. The zero-order valence-corrected chi connectivity index (χ0v) is 10.8. The van der Waals surface area contributed by atoms with E-state index in [9.17, 15) is 0 Å². The summed E-state index contributed by atoms with van der Waals surface area (Å²) in [5, 5.41) is 6.09. The van der Waals surface area contributed by atoms with Crippen LogP contribution in [0.3, 0.4) is 0 Å². The summed E-state index contributed by atoms with van der Waals surface area (Å²) in [7, 11) is 1.72. The van der Waals surface area contributed by atoms with Crippen molar-refractivity contribution in [3.05, 3.63) is 35.4 Å². The Balaban J connectivity index is 2.16. The molecule has 0 aliphatic heterocycles. The molecule has 0 saturated carbocycles. The summed E-state index contributed by atoms with van der Waals surface area (Å²) in [6.45, 7) is 1.97. The van der Waals surface area contributed by atoms with Crippen molar-refractivity contribution in [2.75, 3.05) is 17.7 Å². The normalized spacial score (nSPS) is 11.9. The zero-order chi connectivity index (χ0) is 13.0. The first-order valence-electron chi connectivity index (χ1n) is 5.46. The topological polar surface area (TPSA) is 75.6 Å². The maximum absolute atomic E-state index is 5.80. The van der Waals surface area contributed by atoms with Gasteiger partial charge in [-0.25, -0.2) is 0 Å². The summed E-state index contributed by atoms with van der Waals surface area (Å²) in [4.78, 5) is 16.3. The van der Waals surface area contributed by atoms with Crippen molar-refractivity contribution in [2.24, 2.45) is 0 Å². The van der Waals surface area contributed by atoms with Crippen LogP contribution >= 0.6 is 11.6 Å². The van der Waals surface area contributed by atoms with Crippen LogP contribution < -0.4 is 10.6 Å². The quantitative estimate of drug-likeness (QED) is 0.881. The third-order valence-corrected chi connectivity index (χ3v) is 2.48. The summed E-state index contributed by atoms with van der Waals surface area (Å²) in [6.07, 6.45) is 1.74. The van der Waals surface area contributed by atoms with Crippen LogP contribution in [0.5, 0.6) is 0 Å². The van der Waals surface area contributed by atoms with Gasteiger partial charge in [0.1, 0.15) is 0 Å². The highest BCUT2D eigenvalue weighted by molar-refractivity contribution is 6.28. The monoisotopic (exact) mass is 264 g/mol. The lowest BCUT2D eigenvalue weighted by Gasteiger charge is -2.13. The highest BCUT2D eigenvalue weighted by atomic mass is 35.5. The van der Waals surface area contributed by atoms with Crippen LogP contribution in [0.15, 0.2) is 24.4 Å². The average Bonchev–Trinajstić information content (AvgIpc) is 2.39. The van der Waals surface area contributed by atoms with Crippen LogP contribution in [0.1, 0.15) is 18.7 Å². The van der Waals surface area contributed by atoms with E-state index in [1.165, 1.54) is 0 Å². The van der Waals surface area contributed by atoms with Gasteiger partial charge in [-0.05, 0) is 30.7 Å². The van der Waals surface area contributed by atoms with Gasteiger partial charge in [0.2, 0.25) is 17.2 Å². The fourth-order valence-electron chi connectivity index (χ4n) is 1.43. The maximum Gasteiger partial charge on any atom is 0.229 e. The summed E-state index contributed by atoms with van der Waals surface area (Å²) < 4.78 is 0. The Hall–Kier alpha value is -1.95. The molecule has 0 spiro atoms. The first-order valence-corrected chi connectivity index (χ1v) is 5.83. The molecule has 0 radical (unpaired) electrons. The van der Waals surface area contributed by atoms with Crippen LogP contribution in [-0.4, -0.2) is 27.0 Å². The highest BCUT2D eigenvalue weighted by Crippen LogP contribution is 2.16. The molecule has 1 unspecified atom stereocenters. The lowest BCUT2D eigenvalue weighted by Crippen LogP contribution is -2.12. The Labute approximate surface area is 110 Å². The number of hydrogen-bond acceptors (Lipinski definition) is 6. The molecule has 7 heteroatoms. The van der Waals surface area contributed by atoms with Crippen molar-refractivity contribution >= 4 is 23.5 Å². The van der Waals surface area contributed by atoms with E-state index < -0.39 is 0 Å². The van der Waals surface area contributed by atoms with Crippen molar-refractivity contribution in [1.82, 2.24) is 19.9 Å². The van der Waals surface area contributed by atoms with Gasteiger partial charge in [-0.1, -0.05) is 6.07 Å². The molecule has 2 aromatic rings. The predicted octanol–water partition coefficient (Wildman–Crippen LogP) is 2.13. The fourth-order valence-corrected chi connectivity index (χ4v) is 1.59. The second kappa shape index (κ2) is 5.59. The Bertz CT molecular complexity index is 518. The Morgan fingerprint density at radius 1 is 1.17 bits per heavy atom. The minimum absolute atomic E-state index is 0.0191. The van der Waals surface area contributed by atoms with Gasteiger partial charge in [0.25, 0.3) is 0 Å². The van der Waals surface area contributed by atoms with Gasteiger partial charge in [0.15, 0.2) is 0 Å². The molecule has 0 bridgehead atoms. The minimum atomic E-state index is -0.0191. The number of anilines is 2. The van der Waals surface area contributed by atoms with E-state index in [1.807, 2.05) is 25.1 Å². The Morgan fingerprint density at radius 3 is 2.61 bits per heavy atom. The molecule has 0 fully saturated rings. The molecule has 2 N–H and O–H groups in total. The van der Waals surface area contributed by atoms with Gasteiger partial charge in [-0.3, -0.25) is 4.98 Å². The number of nitrogens with one attached hydrogen (secondary N) is 2. The molecular weight excluding hydrogens is 252 g/mol. The fraction of sp³-hybridized carbons (Fsp3) is 0.273. The molecule has 6 nitrogen and oxygen atoms in total. The van der Waals surface area contributed by atoms with E-state index in [0.717, 1.165) is 5.69 Å². The summed E-state index contributed by atoms with van der Waals surface area (Å²) in [6, 6.07) is 5.71. The number of nitrogens with zero attached hydrogens (tertiary/aromatic N) is 4. The smallest absolute Gasteiger partial charge is 0.229 e. The lowest BCUT2D eigenvalue weighted by atomic mass is 10.2. The third kappa shape index (κ3) is 3.04. The van der Waals surface area contributed by atoms with E-state index in [4.69, 9.17) is 11.6 Å². The van der Waals surface area contributed by atoms with Crippen molar-refractivity contribution in [3.8, 4) is 0 Å². The average molecular weight is 265 g/mol. The molecule has 2 rings (SSSR count). The van der Waals surface area contributed by atoms with Crippen molar-refractivity contribution in [2.45, 2.75) is 13.0 Å². The zero-order valence-electron chi connectivity index (χ0n) is 10.1. The summed E-state index contributed by atoms with van der Waals surface area (Å²) in [5.41, 5.74) is 0.903. The first kappa shape index (κ1) is 12.5. The second-order valence-electron chi connectivity index (χ2n) is 3.62. The molecule has 18 heavy (non-hydrogen) atoms. The van der Waals surface area contributed by atoms with Crippen LogP contribution in [0.2, 0.25) is 5.28 Å². The molecular formula is C11H13ClN6. The maximum atomic E-state index is 5.80. The van der Waals surface area contributed by atoms with Gasteiger partial charge in [-0.2, -0.15) is 15.0 Å². The number of aromatic nitrogens is 4. The van der Waals surface area contributed by atoms with Crippen molar-refractivity contribution < 1.29 is 0 Å². The van der Waals surface area contributed by atoms with E-state index >= 15 is 0 Å². The molecule has 94 valence electrons. The second-order valence-corrected chi connectivity index (χ2v) is 3.96. The van der Waals surface area contributed by atoms with Gasteiger partial charge < -0.3 is 10.6 Å². The lowest BCUT2D eigenvalue weighted by molar-refractivity contribution is 0.818. The first-order chi connectivity index (χ1) is 8.69. The summed E-state index contributed by atoms with van der Waals surface area (Å²) >= 11 is 5.80. The van der Waals surface area contributed by atoms with Crippen LogP contribution in [0, 0.1) is 0 Å². The minimum Gasteiger partial charge on any atom is -0.357 e. The highest BCUT2D eigenvalue weighted by Gasteiger charge is 2.09. The molecule has 0 aliphatic carbocycles. The largest absolute Gasteiger partial charge is 0.357 e. The Kier molecular flexibility index (Phi) is 3.88. The molecule has 1 atom stereocenters. The number of hydrogen-bond donors (Lipinski definition) is 2. The van der Waals surface area contributed by atoms with E-state index in [2.05, 4.69) is 30.6 Å². The van der Waals surface area contributed by atoms with E-state index in [-0.39, 0.29) is 11.3 Å². The third-order valence-electron chi connectivity index (χ3n) is 2.31. The summed E-state index contributed by atoms with van der Waals surface area (Å²) in [5.74, 6) is 0.836. The standard InChI is InChI=1S/C11H13ClN6/c1-7(8-5-3-4-6-14-8)15-11-17-9(12)16-10(13-2)18-11/h3-7H,1-2H3,(H2,13,15,16,17,18). The number of pyridine rings is 1. The van der Waals surface area contributed by atoms with Gasteiger partial charge in [-0.15, -0.1) is 0 Å². The van der Waals surface area contributed by atoms with E-state index in [1.54, 1.807) is 13.2 Å². The van der Waals surface area contributed by atoms with Gasteiger partial charge >= 0.3 is 0 Å². The molecule has 0 amide bonds. The van der Waals surface area contributed by atoms with Gasteiger partial charge in [0.05, 0.1) is 11.7 Å². The Morgan fingerprint density at radius 2 is 1.94 bits per heavy atom. The molecule has 0 saturated heterocycles. The van der Waals surface area contributed by atoms with Crippen LogP contribution in [0.4, 0.5) is 11.9 Å². The SMILES string of the molecule is CNc1nc(Cl)nc(NC(C)c2ccccn2)n1. The van der Waals surface area contributed by atoms with Crippen molar-refractivity contribution in [1.29, 1.82) is 0 Å². The molecule has 2 heterocycles. The predicted molar refractivity (Wildman–Crippen MR) is 70.7 cm³/mol. The number of halogens is 1. The number of rotatable bonds is 4. The van der Waals surface area contributed by atoms with Crippen LogP contribution in [0.25, 0.3) is 0 Å². The van der Waals surface area contributed by atoms with Crippen LogP contribution in [-0.2, 0) is 0 Å². The molecule has 0 aromatic carbocycles. The van der Waals surface area contributed by atoms with Gasteiger partial charge in [0, 0.05) is 13.2 Å². The molecule has 0 aliphatic rings. The van der Waals surface area contributed by atoms with Crippen molar-refractivity contribution in [3.63, 3.8) is 0 Å².